The van der Waals surface area contributed by atoms with E-state index in [9.17, 15) is 0 Å². The van der Waals surface area contributed by atoms with Crippen molar-refractivity contribution in [2.45, 2.75) is 20.3 Å². The van der Waals surface area contributed by atoms with Gasteiger partial charge in [0.05, 0.1) is 12.3 Å². The standard InChI is InChI=1S/C13H16N2O/c1-3-11-10-15(14-13(11)16-4-2)12-8-6-5-7-9-12/h5-10H,3-4H2,1-2H3. The molecule has 16 heavy (non-hydrogen) atoms. The summed E-state index contributed by atoms with van der Waals surface area (Å²) in [5.41, 5.74) is 2.20. The summed E-state index contributed by atoms with van der Waals surface area (Å²) in [7, 11) is 0. The van der Waals surface area contributed by atoms with Crippen LogP contribution in [-0.2, 0) is 6.42 Å². The van der Waals surface area contributed by atoms with E-state index in [1.54, 1.807) is 0 Å². The number of aryl methyl sites for hydroxylation is 1. The summed E-state index contributed by atoms with van der Waals surface area (Å²) in [6.07, 6.45) is 2.96. The number of ether oxygens (including phenoxy) is 1. The quantitative estimate of drug-likeness (QED) is 0.785. The molecule has 0 N–H and O–H groups in total. The highest BCUT2D eigenvalue weighted by atomic mass is 16.5. The number of benzene rings is 1. The SMILES string of the molecule is CCOc1nn(-c2ccccc2)cc1CC. The molecule has 0 bridgehead atoms. The summed E-state index contributed by atoms with van der Waals surface area (Å²) in [6, 6.07) is 10.1. The lowest BCUT2D eigenvalue weighted by Crippen LogP contribution is -1.97. The average molecular weight is 216 g/mol. The Morgan fingerprint density at radius 1 is 1.19 bits per heavy atom. The molecular weight excluding hydrogens is 200 g/mol. The van der Waals surface area contributed by atoms with Crippen LogP contribution in [0.25, 0.3) is 5.69 Å². The third kappa shape index (κ3) is 2.08. The van der Waals surface area contributed by atoms with E-state index >= 15 is 0 Å². The molecule has 0 saturated heterocycles. The van der Waals surface area contributed by atoms with Crippen molar-refractivity contribution in [2.75, 3.05) is 6.61 Å². The number of aromatic nitrogens is 2. The molecule has 0 spiro atoms. The smallest absolute Gasteiger partial charge is 0.236 e. The molecule has 2 rings (SSSR count). The van der Waals surface area contributed by atoms with Gasteiger partial charge < -0.3 is 4.74 Å². The molecule has 0 aliphatic rings. The highest BCUT2D eigenvalue weighted by Crippen LogP contribution is 2.19. The van der Waals surface area contributed by atoms with Crippen molar-refractivity contribution in [3.63, 3.8) is 0 Å². The minimum Gasteiger partial charge on any atom is -0.477 e. The van der Waals surface area contributed by atoms with Crippen molar-refractivity contribution in [1.29, 1.82) is 0 Å². The molecule has 2 aromatic rings. The Labute approximate surface area is 95.7 Å². The van der Waals surface area contributed by atoms with Crippen LogP contribution in [0.15, 0.2) is 36.5 Å². The van der Waals surface area contributed by atoms with Crippen molar-refractivity contribution >= 4 is 0 Å². The van der Waals surface area contributed by atoms with E-state index in [0.29, 0.717) is 6.61 Å². The van der Waals surface area contributed by atoms with Crippen molar-refractivity contribution in [3.8, 4) is 11.6 Å². The fourth-order valence-electron chi connectivity index (χ4n) is 1.61. The monoisotopic (exact) mass is 216 g/mol. The maximum absolute atomic E-state index is 5.50. The molecule has 0 unspecified atom stereocenters. The summed E-state index contributed by atoms with van der Waals surface area (Å²) >= 11 is 0. The van der Waals surface area contributed by atoms with Crippen molar-refractivity contribution < 1.29 is 4.74 Å². The highest BCUT2D eigenvalue weighted by Gasteiger charge is 2.08. The van der Waals surface area contributed by atoms with Gasteiger partial charge in [-0.25, -0.2) is 4.68 Å². The molecular formula is C13H16N2O. The minimum atomic E-state index is 0.652. The molecule has 1 heterocycles. The summed E-state index contributed by atoms with van der Waals surface area (Å²) < 4.78 is 7.36. The topological polar surface area (TPSA) is 27.1 Å². The van der Waals surface area contributed by atoms with Crippen LogP contribution in [0.1, 0.15) is 19.4 Å². The van der Waals surface area contributed by atoms with Crippen LogP contribution in [0.2, 0.25) is 0 Å². The molecule has 1 aromatic heterocycles. The van der Waals surface area contributed by atoms with Gasteiger partial charge in [0.1, 0.15) is 0 Å². The Bertz CT molecular complexity index is 448. The van der Waals surface area contributed by atoms with Crippen LogP contribution >= 0.6 is 0 Å². The first kappa shape index (κ1) is 10.7. The highest BCUT2D eigenvalue weighted by molar-refractivity contribution is 5.34. The first-order chi connectivity index (χ1) is 7.85. The lowest BCUT2D eigenvalue weighted by molar-refractivity contribution is 0.321. The summed E-state index contributed by atoms with van der Waals surface area (Å²) in [4.78, 5) is 0. The van der Waals surface area contributed by atoms with Crippen LogP contribution in [0, 0.1) is 0 Å². The van der Waals surface area contributed by atoms with Crippen molar-refractivity contribution in [2.24, 2.45) is 0 Å². The van der Waals surface area contributed by atoms with Crippen LogP contribution in [0.5, 0.6) is 5.88 Å². The molecule has 0 amide bonds. The zero-order valence-corrected chi connectivity index (χ0v) is 9.68. The Hall–Kier alpha value is -1.77. The van der Waals surface area contributed by atoms with Gasteiger partial charge in [0, 0.05) is 11.8 Å². The van der Waals surface area contributed by atoms with Gasteiger partial charge in [-0.2, -0.15) is 0 Å². The molecule has 0 atom stereocenters. The Morgan fingerprint density at radius 3 is 2.56 bits per heavy atom. The second-order valence-electron chi connectivity index (χ2n) is 3.53. The predicted octanol–water partition coefficient (Wildman–Crippen LogP) is 2.83. The van der Waals surface area contributed by atoms with Crippen molar-refractivity contribution in [3.05, 3.63) is 42.1 Å². The number of hydrogen-bond donors (Lipinski definition) is 0. The molecule has 3 heteroatoms. The summed E-state index contributed by atoms with van der Waals surface area (Å²) in [5.74, 6) is 0.744. The first-order valence-corrected chi connectivity index (χ1v) is 5.62. The molecule has 3 nitrogen and oxygen atoms in total. The lowest BCUT2D eigenvalue weighted by atomic mass is 10.3. The number of rotatable bonds is 4. The van der Waals surface area contributed by atoms with Crippen LogP contribution in [0.3, 0.4) is 0 Å². The predicted molar refractivity (Wildman–Crippen MR) is 64.1 cm³/mol. The van der Waals surface area contributed by atoms with E-state index < -0.39 is 0 Å². The second-order valence-corrected chi connectivity index (χ2v) is 3.53. The lowest BCUT2D eigenvalue weighted by Gasteiger charge is -2.00. The summed E-state index contributed by atoms with van der Waals surface area (Å²) in [6.45, 7) is 4.73. The molecule has 0 fully saturated rings. The fraction of sp³-hybridized carbons (Fsp3) is 0.308. The van der Waals surface area contributed by atoms with E-state index in [1.807, 2.05) is 48.1 Å². The average Bonchev–Trinajstić information content (AvgIpc) is 2.74. The van der Waals surface area contributed by atoms with Crippen molar-refractivity contribution in [1.82, 2.24) is 9.78 Å². The van der Waals surface area contributed by atoms with E-state index in [0.717, 1.165) is 23.6 Å². The van der Waals surface area contributed by atoms with Gasteiger partial charge >= 0.3 is 0 Å². The van der Waals surface area contributed by atoms with Crippen LogP contribution < -0.4 is 4.74 Å². The van der Waals surface area contributed by atoms with E-state index in [-0.39, 0.29) is 0 Å². The molecule has 0 saturated carbocycles. The fourth-order valence-corrected chi connectivity index (χ4v) is 1.61. The van der Waals surface area contributed by atoms with Gasteiger partial charge in [0.25, 0.3) is 0 Å². The number of nitrogens with zero attached hydrogens (tertiary/aromatic N) is 2. The summed E-state index contributed by atoms with van der Waals surface area (Å²) in [5, 5.41) is 4.44. The first-order valence-electron chi connectivity index (χ1n) is 5.62. The normalized spacial score (nSPS) is 10.4. The number of para-hydroxylation sites is 1. The molecule has 0 aliphatic heterocycles. The molecule has 1 aromatic carbocycles. The van der Waals surface area contributed by atoms with Gasteiger partial charge in [-0.05, 0) is 25.5 Å². The maximum Gasteiger partial charge on any atom is 0.236 e. The largest absolute Gasteiger partial charge is 0.477 e. The van der Waals surface area contributed by atoms with Crippen LogP contribution in [0.4, 0.5) is 0 Å². The van der Waals surface area contributed by atoms with E-state index in [2.05, 4.69) is 12.0 Å². The van der Waals surface area contributed by atoms with E-state index in [1.165, 1.54) is 0 Å². The molecule has 0 aliphatic carbocycles. The van der Waals surface area contributed by atoms with Gasteiger partial charge in [-0.3, -0.25) is 0 Å². The molecule has 0 radical (unpaired) electrons. The zero-order valence-electron chi connectivity index (χ0n) is 9.68. The van der Waals surface area contributed by atoms with Gasteiger partial charge in [-0.1, -0.05) is 25.1 Å². The third-order valence-electron chi connectivity index (χ3n) is 2.43. The maximum atomic E-state index is 5.50. The number of hydrogen-bond acceptors (Lipinski definition) is 2. The van der Waals surface area contributed by atoms with Gasteiger partial charge in [-0.15, -0.1) is 5.10 Å². The second kappa shape index (κ2) is 4.84. The van der Waals surface area contributed by atoms with E-state index in [4.69, 9.17) is 4.74 Å². The Kier molecular flexibility index (Phi) is 3.25. The Morgan fingerprint density at radius 2 is 1.94 bits per heavy atom. The third-order valence-corrected chi connectivity index (χ3v) is 2.43. The van der Waals surface area contributed by atoms with Crippen LogP contribution in [-0.4, -0.2) is 16.4 Å². The Balaban J connectivity index is 2.36. The zero-order chi connectivity index (χ0) is 11.4. The van der Waals surface area contributed by atoms with Gasteiger partial charge in [0.15, 0.2) is 0 Å². The minimum absolute atomic E-state index is 0.652. The van der Waals surface area contributed by atoms with Gasteiger partial charge in [0.2, 0.25) is 5.88 Å². The molecule has 84 valence electrons.